The summed E-state index contributed by atoms with van der Waals surface area (Å²) in [5.74, 6) is 15.3. The zero-order valence-corrected chi connectivity index (χ0v) is 25.2. The van der Waals surface area contributed by atoms with E-state index in [9.17, 15) is 0 Å². The average Bonchev–Trinajstić information content (AvgIpc) is 2.98. The van der Waals surface area contributed by atoms with Crippen molar-refractivity contribution in [3.05, 3.63) is 70.8 Å². The van der Waals surface area contributed by atoms with E-state index in [2.05, 4.69) is 86.1 Å². The fourth-order valence-electron chi connectivity index (χ4n) is 5.91. The summed E-state index contributed by atoms with van der Waals surface area (Å²) in [5.41, 5.74) is 4.70. The van der Waals surface area contributed by atoms with E-state index >= 15 is 0 Å². The molecular formula is C39H54. The third-order valence-corrected chi connectivity index (χ3v) is 8.60. The minimum Gasteiger partial charge on any atom is -0.0979 e. The fraction of sp³-hybridized carbons (Fsp3) is 0.590. The minimum atomic E-state index is 0.934. The van der Waals surface area contributed by atoms with Crippen LogP contribution in [0.25, 0.3) is 0 Å². The van der Waals surface area contributed by atoms with E-state index in [0.717, 1.165) is 34.9 Å². The Morgan fingerprint density at radius 3 is 1.56 bits per heavy atom. The van der Waals surface area contributed by atoms with Crippen LogP contribution in [-0.4, -0.2) is 0 Å². The molecule has 0 aromatic heterocycles. The van der Waals surface area contributed by atoms with E-state index in [-0.39, 0.29) is 0 Å². The zero-order chi connectivity index (χ0) is 27.4. The first-order valence-corrected chi connectivity index (χ1v) is 16.5. The van der Waals surface area contributed by atoms with Crippen molar-refractivity contribution in [1.29, 1.82) is 0 Å². The molecule has 0 radical (unpaired) electrons. The molecule has 0 saturated heterocycles. The molecular weight excluding hydrogens is 468 g/mol. The maximum atomic E-state index is 3.34. The van der Waals surface area contributed by atoms with E-state index in [1.54, 1.807) is 0 Å². The summed E-state index contributed by atoms with van der Waals surface area (Å²) in [5, 5.41) is 0. The van der Waals surface area contributed by atoms with Crippen LogP contribution in [0.15, 0.2) is 48.5 Å². The molecule has 210 valence electrons. The van der Waals surface area contributed by atoms with Crippen molar-refractivity contribution >= 4 is 0 Å². The highest BCUT2D eigenvalue weighted by Crippen LogP contribution is 2.34. The molecule has 0 aliphatic heterocycles. The highest BCUT2D eigenvalue weighted by Gasteiger charge is 2.20. The van der Waals surface area contributed by atoms with Gasteiger partial charge in [0.1, 0.15) is 0 Å². The van der Waals surface area contributed by atoms with Crippen LogP contribution in [0.1, 0.15) is 152 Å². The van der Waals surface area contributed by atoms with Gasteiger partial charge in [-0.25, -0.2) is 0 Å². The molecule has 2 aromatic carbocycles. The van der Waals surface area contributed by atoms with Gasteiger partial charge in [0.05, 0.1) is 0 Å². The first-order valence-electron chi connectivity index (χ1n) is 16.5. The van der Waals surface area contributed by atoms with E-state index in [1.807, 2.05) is 0 Å². The molecule has 1 aliphatic rings. The highest BCUT2D eigenvalue weighted by molar-refractivity contribution is 5.46. The Balaban J connectivity index is 1.32. The number of unbranched alkanes of at least 4 members (excludes halogenated alkanes) is 10. The molecule has 39 heavy (non-hydrogen) atoms. The molecule has 0 nitrogen and oxygen atoms in total. The van der Waals surface area contributed by atoms with Gasteiger partial charge >= 0.3 is 0 Å². The smallest absolute Gasteiger partial charge is 0.0249 e. The first-order chi connectivity index (χ1) is 19.3. The molecule has 0 N–H and O–H groups in total. The minimum absolute atomic E-state index is 0.934. The molecule has 0 amide bonds. The van der Waals surface area contributed by atoms with Crippen LogP contribution in [0.4, 0.5) is 0 Å². The van der Waals surface area contributed by atoms with Crippen molar-refractivity contribution in [2.75, 3.05) is 0 Å². The number of aryl methyl sites for hydroxylation is 1. The van der Waals surface area contributed by atoms with Gasteiger partial charge < -0.3 is 0 Å². The molecule has 1 aliphatic carbocycles. The average molecular weight is 523 g/mol. The van der Waals surface area contributed by atoms with Crippen molar-refractivity contribution in [2.45, 2.75) is 136 Å². The van der Waals surface area contributed by atoms with Gasteiger partial charge in [0, 0.05) is 23.1 Å². The van der Waals surface area contributed by atoms with Gasteiger partial charge in [0.2, 0.25) is 0 Å². The van der Waals surface area contributed by atoms with Gasteiger partial charge in [-0.3, -0.25) is 0 Å². The molecule has 3 rings (SSSR count). The van der Waals surface area contributed by atoms with Crippen molar-refractivity contribution in [3.8, 4) is 23.7 Å². The molecule has 1 fully saturated rings. The van der Waals surface area contributed by atoms with Crippen LogP contribution in [0, 0.1) is 35.5 Å². The number of hydrogen-bond donors (Lipinski definition) is 0. The maximum Gasteiger partial charge on any atom is 0.0249 e. The van der Waals surface area contributed by atoms with Gasteiger partial charge in [0.25, 0.3) is 0 Å². The second kappa shape index (κ2) is 19.6. The molecule has 0 heterocycles. The highest BCUT2D eigenvalue weighted by atomic mass is 14.3. The van der Waals surface area contributed by atoms with Crippen molar-refractivity contribution in [2.24, 2.45) is 11.8 Å². The lowest BCUT2D eigenvalue weighted by molar-refractivity contribution is 0.248. The standard InChI is InChI=1S/C39H54/c1-3-5-7-9-10-11-13-15-17-35-20-24-37(25-21-35)27-29-39-32-30-38(31-33-39)28-26-36-22-18-34(19-23-36)16-14-12-8-6-4-2/h20-21,24-25,30-34,36H,3-14,16,18-19,22-23,26,28H2,1-2H3/t34-,36-. The van der Waals surface area contributed by atoms with Gasteiger partial charge in [-0.1, -0.05) is 146 Å². The normalized spacial score (nSPS) is 16.7. The van der Waals surface area contributed by atoms with Gasteiger partial charge in [0.15, 0.2) is 0 Å². The van der Waals surface area contributed by atoms with Crippen molar-refractivity contribution in [3.63, 3.8) is 0 Å². The van der Waals surface area contributed by atoms with Crippen LogP contribution in [0.2, 0.25) is 0 Å². The summed E-state index contributed by atoms with van der Waals surface area (Å²) >= 11 is 0. The van der Waals surface area contributed by atoms with Gasteiger partial charge in [-0.05, 0) is 73.1 Å². The number of rotatable bonds is 15. The summed E-state index contributed by atoms with van der Waals surface area (Å²) in [6.07, 6.45) is 26.0. The zero-order valence-electron chi connectivity index (χ0n) is 25.2. The number of benzene rings is 2. The Labute approximate surface area is 241 Å². The van der Waals surface area contributed by atoms with E-state index in [4.69, 9.17) is 0 Å². The molecule has 0 bridgehead atoms. The molecule has 0 atom stereocenters. The summed E-state index contributed by atoms with van der Waals surface area (Å²) in [7, 11) is 0. The number of hydrogen-bond acceptors (Lipinski definition) is 0. The van der Waals surface area contributed by atoms with Crippen LogP contribution in [0.5, 0.6) is 0 Å². The molecule has 1 saturated carbocycles. The largest absolute Gasteiger partial charge is 0.0979 e. The van der Waals surface area contributed by atoms with Gasteiger partial charge in [-0.15, -0.1) is 0 Å². The second-order valence-electron chi connectivity index (χ2n) is 12.0. The Hall–Kier alpha value is -2.44. The first kappa shape index (κ1) is 31.1. The van der Waals surface area contributed by atoms with Crippen molar-refractivity contribution < 1.29 is 0 Å². The maximum absolute atomic E-state index is 3.34. The predicted molar refractivity (Wildman–Crippen MR) is 171 cm³/mol. The monoisotopic (exact) mass is 522 g/mol. The molecule has 0 spiro atoms. The van der Waals surface area contributed by atoms with E-state index in [1.165, 1.54) is 121 Å². The topological polar surface area (TPSA) is 0 Å². The van der Waals surface area contributed by atoms with Gasteiger partial charge in [-0.2, -0.15) is 0 Å². The summed E-state index contributed by atoms with van der Waals surface area (Å²) in [6, 6.07) is 17.3. The molecule has 2 aromatic rings. The Bertz CT molecular complexity index is 1010. The Kier molecular flexibility index (Phi) is 15.6. The lowest BCUT2D eigenvalue weighted by atomic mass is 9.77. The third-order valence-electron chi connectivity index (χ3n) is 8.60. The quantitative estimate of drug-likeness (QED) is 0.161. The van der Waals surface area contributed by atoms with E-state index in [0.29, 0.717) is 0 Å². The van der Waals surface area contributed by atoms with Crippen LogP contribution in [0.3, 0.4) is 0 Å². The molecule has 0 heteroatoms. The lowest BCUT2D eigenvalue weighted by Crippen LogP contribution is -2.15. The van der Waals surface area contributed by atoms with Crippen LogP contribution < -0.4 is 0 Å². The SMILES string of the molecule is CCCCCCCCC#Cc1ccc(C#Cc2ccc(CC[C@H]3CC[C@H](CCCCCCC)CC3)cc2)cc1. The molecule has 0 unspecified atom stereocenters. The second-order valence-corrected chi connectivity index (χ2v) is 12.0. The summed E-state index contributed by atoms with van der Waals surface area (Å²) < 4.78 is 0. The summed E-state index contributed by atoms with van der Waals surface area (Å²) in [4.78, 5) is 0. The van der Waals surface area contributed by atoms with Crippen LogP contribution >= 0.6 is 0 Å². The Morgan fingerprint density at radius 2 is 0.974 bits per heavy atom. The predicted octanol–water partition coefficient (Wildman–Crippen LogP) is 11.3. The fourth-order valence-corrected chi connectivity index (χ4v) is 5.91. The summed E-state index contributed by atoms with van der Waals surface area (Å²) in [6.45, 7) is 4.57. The Morgan fingerprint density at radius 1 is 0.513 bits per heavy atom. The lowest BCUT2D eigenvalue weighted by Gasteiger charge is -2.28. The van der Waals surface area contributed by atoms with Crippen LogP contribution in [-0.2, 0) is 6.42 Å². The van der Waals surface area contributed by atoms with E-state index < -0.39 is 0 Å². The third kappa shape index (κ3) is 13.5. The van der Waals surface area contributed by atoms with Crippen molar-refractivity contribution in [1.82, 2.24) is 0 Å².